The van der Waals surface area contributed by atoms with E-state index in [2.05, 4.69) is 36.0 Å². The first-order chi connectivity index (χ1) is 8.13. The van der Waals surface area contributed by atoms with Crippen LogP contribution in [0.3, 0.4) is 0 Å². The van der Waals surface area contributed by atoms with E-state index in [0.717, 1.165) is 19.6 Å². The summed E-state index contributed by atoms with van der Waals surface area (Å²) in [7, 11) is 0. The van der Waals surface area contributed by atoms with E-state index in [1.165, 1.54) is 30.0 Å². The summed E-state index contributed by atoms with van der Waals surface area (Å²) in [6, 6.07) is 0. The third-order valence-electron chi connectivity index (χ3n) is 3.77. The van der Waals surface area contributed by atoms with Crippen molar-refractivity contribution < 1.29 is 0 Å². The first-order valence-corrected chi connectivity index (χ1v) is 7.37. The zero-order valence-corrected chi connectivity index (χ0v) is 11.9. The van der Waals surface area contributed by atoms with E-state index in [4.69, 9.17) is 0 Å². The first kappa shape index (κ1) is 13.0. The molecule has 1 saturated heterocycles. The number of aromatic nitrogens is 1. The number of nitrogens with zero attached hydrogens (tertiary/aromatic N) is 2. The quantitative estimate of drug-likeness (QED) is 0.896. The van der Waals surface area contributed by atoms with E-state index in [1.54, 1.807) is 11.3 Å². The molecule has 1 aliphatic rings. The molecule has 4 heteroatoms. The van der Waals surface area contributed by atoms with Crippen LogP contribution in [-0.2, 0) is 6.54 Å². The Labute approximate surface area is 108 Å². The van der Waals surface area contributed by atoms with E-state index in [-0.39, 0.29) is 5.54 Å². The maximum atomic E-state index is 4.34. The average Bonchev–Trinajstić information content (AvgIpc) is 2.60. The smallest absolute Gasteiger partial charge is 0.0798 e. The Balaban J connectivity index is 2.02. The molecular formula is C13H23N3S. The summed E-state index contributed by atoms with van der Waals surface area (Å²) in [5, 5.41) is 3.68. The Morgan fingerprint density at radius 1 is 1.59 bits per heavy atom. The zero-order chi connectivity index (χ0) is 12.3. The highest BCUT2D eigenvalue weighted by Crippen LogP contribution is 2.20. The lowest BCUT2D eigenvalue weighted by molar-refractivity contribution is 0.209. The highest BCUT2D eigenvalue weighted by Gasteiger charge is 2.27. The second-order valence-electron chi connectivity index (χ2n) is 5.27. The highest BCUT2D eigenvalue weighted by molar-refractivity contribution is 7.09. The van der Waals surface area contributed by atoms with E-state index < -0.39 is 0 Å². The zero-order valence-electron chi connectivity index (χ0n) is 11.1. The van der Waals surface area contributed by atoms with Gasteiger partial charge in [-0.3, -0.25) is 4.90 Å². The number of hydrogen-bond donors (Lipinski definition) is 1. The van der Waals surface area contributed by atoms with Gasteiger partial charge in [0.05, 0.1) is 11.2 Å². The molecule has 1 unspecified atom stereocenters. The average molecular weight is 253 g/mol. The molecule has 1 fully saturated rings. The van der Waals surface area contributed by atoms with Crippen LogP contribution in [0, 0.1) is 6.92 Å². The monoisotopic (exact) mass is 253 g/mol. The minimum atomic E-state index is 0.273. The van der Waals surface area contributed by atoms with Gasteiger partial charge in [0, 0.05) is 23.5 Å². The first-order valence-electron chi connectivity index (χ1n) is 6.49. The molecule has 1 aromatic heterocycles. The summed E-state index contributed by atoms with van der Waals surface area (Å²) in [4.78, 5) is 8.33. The predicted molar refractivity (Wildman–Crippen MR) is 73.4 cm³/mol. The lowest BCUT2D eigenvalue weighted by atomic mass is 9.98. The van der Waals surface area contributed by atoms with Crippen LogP contribution >= 0.6 is 11.3 Å². The fourth-order valence-corrected chi connectivity index (χ4v) is 3.19. The van der Waals surface area contributed by atoms with E-state index in [1.807, 2.05) is 5.51 Å². The fourth-order valence-electron chi connectivity index (χ4n) is 2.37. The Bertz CT molecular complexity index is 363. The molecule has 0 bridgehead atoms. The van der Waals surface area contributed by atoms with Crippen molar-refractivity contribution in [1.82, 2.24) is 15.2 Å². The molecule has 0 spiro atoms. The molecule has 2 heterocycles. The lowest BCUT2D eigenvalue weighted by Gasteiger charge is -2.32. The van der Waals surface area contributed by atoms with Crippen LogP contribution < -0.4 is 5.32 Å². The molecule has 2 rings (SSSR count). The number of nitrogens with one attached hydrogen (secondary N) is 1. The topological polar surface area (TPSA) is 28.2 Å². The van der Waals surface area contributed by atoms with Gasteiger partial charge in [-0.15, -0.1) is 11.3 Å². The summed E-state index contributed by atoms with van der Waals surface area (Å²) in [6.07, 6.45) is 2.43. The predicted octanol–water partition coefficient (Wildman–Crippen LogP) is 2.42. The van der Waals surface area contributed by atoms with Gasteiger partial charge >= 0.3 is 0 Å². The number of aryl methyl sites for hydroxylation is 1. The summed E-state index contributed by atoms with van der Waals surface area (Å²) >= 11 is 1.78. The standard InChI is InChI=1S/C13H23N3S/c1-4-13(3)9-16(7-5-6-15-13)8-12-11(2)14-10-17-12/h10,15H,4-9H2,1-3H3. The summed E-state index contributed by atoms with van der Waals surface area (Å²) in [5.41, 5.74) is 3.43. The van der Waals surface area contributed by atoms with Crippen molar-refractivity contribution in [2.75, 3.05) is 19.6 Å². The molecule has 0 aliphatic carbocycles. The molecule has 1 aliphatic heterocycles. The number of rotatable bonds is 3. The highest BCUT2D eigenvalue weighted by atomic mass is 32.1. The van der Waals surface area contributed by atoms with Crippen LogP contribution in [-0.4, -0.2) is 35.1 Å². The Morgan fingerprint density at radius 3 is 3.06 bits per heavy atom. The van der Waals surface area contributed by atoms with Gasteiger partial charge < -0.3 is 5.32 Å². The van der Waals surface area contributed by atoms with E-state index in [9.17, 15) is 0 Å². The summed E-state index contributed by atoms with van der Waals surface area (Å²) in [5.74, 6) is 0. The van der Waals surface area contributed by atoms with Gasteiger partial charge in [-0.05, 0) is 39.8 Å². The van der Waals surface area contributed by atoms with Crippen molar-refractivity contribution in [3.63, 3.8) is 0 Å². The molecule has 1 atom stereocenters. The Morgan fingerprint density at radius 2 is 2.41 bits per heavy atom. The SMILES string of the molecule is CCC1(C)CN(Cc2scnc2C)CCCN1. The van der Waals surface area contributed by atoms with Gasteiger partial charge in [0.15, 0.2) is 0 Å². The van der Waals surface area contributed by atoms with E-state index >= 15 is 0 Å². The molecular weight excluding hydrogens is 230 g/mol. The molecule has 0 amide bonds. The van der Waals surface area contributed by atoms with Gasteiger partial charge in [0.2, 0.25) is 0 Å². The second kappa shape index (κ2) is 5.46. The molecule has 1 aromatic rings. The van der Waals surface area contributed by atoms with Crippen LogP contribution in [0.25, 0.3) is 0 Å². The minimum absolute atomic E-state index is 0.273. The normalized spacial score (nSPS) is 27.0. The van der Waals surface area contributed by atoms with Gasteiger partial charge in [-0.2, -0.15) is 0 Å². The summed E-state index contributed by atoms with van der Waals surface area (Å²) in [6.45, 7) is 11.3. The lowest BCUT2D eigenvalue weighted by Crippen LogP contribution is -2.48. The Hall–Kier alpha value is -0.450. The van der Waals surface area contributed by atoms with Crippen LogP contribution in [0.5, 0.6) is 0 Å². The number of hydrogen-bond acceptors (Lipinski definition) is 4. The largest absolute Gasteiger partial charge is 0.310 e. The van der Waals surface area contributed by atoms with Crippen molar-refractivity contribution in [2.45, 2.75) is 45.7 Å². The van der Waals surface area contributed by atoms with Crippen molar-refractivity contribution in [3.05, 3.63) is 16.1 Å². The van der Waals surface area contributed by atoms with Gasteiger partial charge in [-0.1, -0.05) is 6.92 Å². The van der Waals surface area contributed by atoms with Crippen molar-refractivity contribution in [2.24, 2.45) is 0 Å². The Kier molecular flexibility index (Phi) is 4.17. The molecule has 0 radical (unpaired) electrons. The fraction of sp³-hybridized carbons (Fsp3) is 0.769. The summed E-state index contributed by atoms with van der Waals surface area (Å²) < 4.78 is 0. The second-order valence-corrected chi connectivity index (χ2v) is 6.21. The van der Waals surface area contributed by atoms with Crippen LogP contribution in [0.4, 0.5) is 0 Å². The number of thiazole rings is 1. The van der Waals surface area contributed by atoms with Crippen molar-refractivity contribution in [1.29, 1.82) is 0 Å². The molecule has 96 valence electrons. The van der Waals surface area contributed by atoms with Crippen molar-refractivity contribution >= 4 is 11.3 Å². The van der Waals surface area contributed by atoms with Crippen LogP contribution in [0.1, 0.15) is 37.3 Å². The molecule has 0 aromatic carbocycles. The van der Waals surface area contributed by atoms with Crippen molar-refractivity contribution in [3.8, 4) is 0 Å². The minimum Gasteiger partial charge on any atom is -0.310 e. The van der Waals surface area contributed by atoms with Gasteiger partial charge in [-0.25, -0.2) is 4.98 Å². The molecule has 3 nitrogen and oxygen atoms in total. The molecule has 1 N–H and O–H groups in total. The molecule has 0 saturated carbocycles. The third kappa shape index (κ3) is 3.27. The molecule has 17 heavy (non-hydrogen) atoms. The van der Waals surface area contributed by atoms with E-state index in [0.29, 0.717) is 0 Å². The van der Waals surface area contributed by atoms with Gasteiger partial charge in [0.25, 0.3) is 0 Å². The van der Waals surface area contributed by atoms with Gasteiger partial charge in [0.1, 0.15) is 0 Å². The third-order valence-corrected chi connectivity index (χ3v) is 4.69. The maximum Gasteiger partial charge on any atom is 0.0798 e. The van der Waals surface area contributed by atoms with Crippen LogP contribution in [0.15, 0.2) is 5.51 Å². The maximum absolute atomic E-state index is 4.34. The van der Waals surface area contributed by atoms with Crippen LogP contribution in [0.2, 0.25) is 0 Å².